The normalized spacial score (nSPS) is 18.2. The smallest absolute Gasteiger partial charge is 0.244 e. The molecule has 1 aliphatic heterocycles. The molecule has 2 atom stereocenters. The molecule has 0 aromatic heterocycles. The Kier molecular flexibility index (Phi) is 6.89. The van der Waals surface area contributed by atoms with E-state index >= 15 is 0 Å². The zero-order chi connectivity index (χ0) is 23.7. The summed E-state index contributed by atoms with van der Waals surface area (Å²) < 4.78 is 33.1. The number of anilines is 1. The van der Waals surface area contributed by atoms with Crippen molar-refractivity contribution in [2.24, 2.45) is 0 Å². The van der Waals surface area contributed by atoms with Crippen molar-refractivity contribution >= 4 is 21.6 Å². The van der Waals surface area contributed by atoms with Gasteiger partial charge in [0.1, 0.15) is 17.4 Å². The van der Waals surface area contributed by atoms with E-state index in [2.05, 4.69) is 19.2 Å². The van der Waals surface area contributed by atoms with Crippen molar-refractivity contribution in [3.05, 3.63) is 59.2 Å². The van der Waals surface area contributed by atoms with Gasteiger partial charge in [0.05, 0.1) is 18.0 Å². The van der Waals surface area contributed by atoms with Crippen molar-refractivity contribution in [3.63, 3.8) is 0 Å². The molecule has 0 radical (unpaired) electrons. The van der Waals surface area contributed by atoms with Gasteiger partial charge in [0, 0.05) is 12.0 Å². The number of para-hydroxylation sites is 1. The largest absolute Gasteiger partial charge is 0.487 e. The molecule has 0 saturated heterocycles. The molecule has 1 amide bonds. The Morgan fingerprint density at radius 3 is 2.47 bits per heavy atom. The number of benzene rings is 2. The predicted octanol–water partition coefficient (Wildman–Crippen LogP) is 4.66. The molecule has 32 heavy (non-hydrogen) atoms. The second kappa shape index (κ2) is 9.14. The fourth-order valence-corrected chi connectivity index (χ4v) is 5.68. The summed E-state index contributed by atoms with van der Waals surface area (Å²) in [5.41, 5.74) is 2.82. The van der Waals surface area contributed by atoms with Crippen molar-refractivity contribution in [1.82, 2.24) is 5.32 Å². The van der Waals surface area contributed by atoms with Crippen LogP contribution >= 0.6 is 0 Å². The maximum atomic E-state index is 13.4. The minimum atomic E-state index is -3.69. The first kappa shape index (κ1) is 24.1. The number of hydrogen-bond acceptors (Lipinski definition) is 4. The van der Waals surface area contributed by atoms with E-state index in [0.29, 0.717) is 12.1 Å². The van der Waals surface area contributed by atoms with Crippen molar-refractivity contribution in [2.45, 2.75) is 71.6 Å². The van der Waals surface area contributed by atoms with E-state index in [0.717, 1.165) is 41.5 Å². The van der Waals surface area contributed by atoms with E-state index in [-0.39, 0.29) is 17.6 Å². The Morgan fingerprint density at radius 1 is 1.19 bits per heavy atom. The second-order valence-corrected chi connectivity index (χ2v) is 10.7. The Balaban J connectivity index is 1.95. The summed E-state index contributed by atoms with van der Waals surface area (Å²) in [7, 11) is -3.69. The Hall–Kier alpha value is -2.54. The van der Waals surface area contributed by atoms with Crippen LogP contribution in [0.25, 0.3) is 0 Å². The Morgan fingerprint density at radius 2 is 1.84 bits per heavy atom. The number of nitrogens with one attached hydrogen (secondary N) is 1. The highest BCUT2D eigenvalue weighted by atomic mass is 32.2. The lowest BCUT2D eigenvalue weighted by molar-refractivity contribution is -0.123. The first-order valence-electron chi connectivity index (χ1n) is 11.2. The van der Waals surface area contributed by atoms with Crippen molar-refractivity contribution in [3.8, 4) is 5.75 Å². The summed E-state index contributed by atoms with van der Waals surface area (Å²) in [5.74, 6) is 0.439. The van der Waals surface area contributed by atoms with Crippen LogP contribution in [0.2, 0.25) is 0 Å². The molecular weight excluding hydrogens is 424 g/mol. The van der Waals surface area contributed by atoms with Crippen molar-refractivity contribution < 1.29 is 17.9 Å². The fraction of sp³-hybridized carbons (Fsp3) is 0.480. The van der Waals surface area contributed by atoms with Gasteiger partial charge in [-0.1, -0.05) is 44.2 Å². The van der Waals surface area contributed by atoms with Crippen LogP contribution in [0.5, 0.6) is 5.75 Å². The zero-order valence-corrected chi connectivity index (χ0v) is 20.6. The summed E-state index contributed by atoms with van der Waals surface area (Å²) in [5, 5.41) is 3.13. The van der Waals surface area contributed by atoms with E-state index in [1.165, 1.54) is 4.31 Å². The first-order chi connectivity index (χ1) is 15.0. The highest BCUT2D eigenvalue weighted by Crippen LogP contribution is 2.42. The van der Waals surface area contributed by atoms with E-state index in [4.69, 9.17) is 4.74 Å². The number of amides is 1. The van der Waals surface area contributed by atoms with Crippen LogP contribution in [0, 0.1) is 13.8 Å². The van der Waals surface area contributed by atoms with Gasteiger partial charge in [0.25, 0.3) is 0 Å². The number of aryl methyl sites for hydroxylation is 2. The quantitative estimate of drug-likeness (QED) is 0.655. The summed E-state index contributed by atoms with van der Waals surface area (Å²) in [6.07, 6.45) is 3.41. The van der Waals surface area contributed by atoms with Crippen LogP contribution in [0.15, 0.2) is 42.5 Å². The number of sulfonamides is 1. The highest BCUT2D eigenvalue weighted by Gasteiger charge is 2.40. The molecule has 1 heterocycles. The molecule has 174 valence electrons. The molecule has 2 aromatic rings. The van der Waals surface area contributed by atoms with Gasteiger partial charge in [-0.3, -0.25) is 9.10 Å². The maximum absolute atomic E-state index is 13.4. The highest BCUT2D eigenvalue weighted by molar-refractivity contribution is 7.92. The van der Waals surface area contributed by atoms with Crippen LogP contribution < -0.4 is 14.4 Å². The predicted molar refractivity (Wildman–Crippen MR) is 129 cm³/mol. The molecule has 6 nitrogen and oxygen atoms in total. The average molecular weight is 459 g/mol. The second-order valence-electron chi connectivity index (χ2n) is 8.82. The van der Waals surface area contributed by atoms with Gasteiger partial charge in [0.15, 0.2) is 0 Å². The van der Waals surface area contributed by atoms with Gasteiger partial charge < -0.3 is 10.1 Å². The fourth-order valence-electron chi connectivity index (χ4n) is 4.46. The lowest BCUT2D eigenvalue weighted by Crippen LogP contribution is -2.51. The number of nitrogens with zero attached hydrogens (tertiary/aromatic N) is 1. The summed E-state index contributed by atoms with van der Waals surface area (Å²) in [4.78, 5) is 13.4. The number of carbonyl (C=O) groups excluding carboxylic acids is 1. The SMILES string of the molecule is CCC1(CC)C[C@H](NC(=O)[C@@H](C)N(c2cc(C)ccc2C)S(C)(=O)=O)c2ccccc2O1. The molecule has 3 rings (SSSR count). The van der Waals surface area contributed by atoms with Crippen molar-refractivity contribution in [2.75, 3.05) is 10.6 Å². The topological polar surface area (TPSA) is 75.7 Å². The number of ether oxygens (including phenoxy) is 1. The third-order valence-corrected chi connectivity index (χ3v) is 7.72. The summed E-state index contributed by atoms with van der Waals surface area (Å²) in [6.45, 7) is 9.57. The molecule has 0 unspecified atom stereocenters. The van der Waals surface area contributed by atoms with E-state index < -0.39 is 16.1 Å². The Bertz CT molecular complexity index is 1090. The minimum absolute atomic E-state index is 0.255. The molecule has 1 aliphatic rings. The first-order valence-corrected chi connectivity index (χ1v) is 13.0. The number of carbonyl (C=O) groups is 1. The van der Waals surface area contributed by atoms with Gasteiger partial charge in [-0.15, -0.1) is 0 Å². The van der Waals surface area contributed by atoms with Gasteiger partial charge in [-0.05, 0) is 56.9 Å². The summed E-state index contributed by atoms with van der Waals surface area (Å²) >= 11 is 0. The third kappa shape index (κ3) is 4.77. The molecular formula is C25H34N2O4S. The van der Waals surface area contributed by atoms with Crippen LogP contribution in [0.3, 0.4) is 0 Å². The monoisotopic (exact) mass is 458 g/mol. The molecule has 1 N–H and O–H groups in total. The van der Waals surface area contributed by atoms with Gasteiger partial charge in [0.2, 0.25) is 15.9 Å². The van der Waals surface area contributed by atoms with Crippen LogP contribution in [0.1, 0.15) is 62.8 Å². The molecule has 0 spiro atoms. The molecule has 0 bridgehead atoms. The van der Waals surface area contributed by atoms with E-state index in [1.54, 1.807) is 6.92 Å². The summed E-state index contributed by atoms with van der Waals surface area (Å²) in [6, 6.07) is 12.2. The van der Waals surface area contributed by atoms with Crippen molar-refractivity contribution in [1.29, 1.82) is 0 Å². The standard InChI is InChI=1S/C25H34N2O4S/c1-7-25(8-2)16-21(20-11-9-10-12-23(20)31-25)26-24(28)19(5)27(32(6,29)30)22-15-17(3)13-14-18(22)4/h9-15,19,21H,7-8,16H2,1-6H3,(H,26,28)/t19-,21+/m1/s1. The molecule has 0 fully saturated rings. The van der Waals surface area contributed by atoms with Gasteiger partial charge in [-0.25, -0.2) is 8.42 Å². The number of rotatable bonds is 7. The van der Waals surface area contributed by atoms with E-state index in [9.17, 15) is 13.2 Å². The van der Waals surface area contributed by atoms with Crippen LogP contribution in [-0.4, -0.2) is 32.2 Å². The lowest BCUT2D eigenvalue weighted by Gasteiger charge is -2.42. The minimum Gasteiger partial charge on any atom is -0.487 e. The third-order valence-electron chi connectivity index (χ3n) is 6.49. The molecule has 2 aromatic carbocycles. The number of fused-ring (bicyclic) bond motifs is 1. The molecule has 7 heteroatoms. The van der Waals surface area contributed by atoms with Gasteiger partial charge in [-0.2, -0.15) is 0 Å². The average Bonchev–Trinajstić information content (AvgIpc) is 2.75. The maximum Gasteiger partial charge on any atom is 0.244 e. The molecule has 0 aliphatic carbocycles. The number of hydrogen-bond donors (Lipinski definition) is 1. The molecule has 0 saturated carbocycles. The Labute approximate surface area is 192 Å². The van der Waals surface area contributed by atoms with Gasteiger partial charge >= 0.3 is 0 Å². The zero-order valence-electron chi connectivity index (χ0n) is 19.8. The van der Waals surface area contributed by atoms with Crippen LogP contribution in [-0.2, 0) is 14.8 Å². The lowest BCUT2D eigenvalue weighted by atomic mass is 9.83. The van der Waals surface area contributed by atoms with E-state index in [1.807, 2.05) is 56.3 Å². The van der Waals surface area contributed by atoms with Crippen LogP contribution in [0.4, 0.5) is 5.69 Å².